The fourth-order valence-corrected chi connectivity index (χ4v) is 3.09. The van der Waals surface area contributed by atoms with Crippen molar-refractivity contribution in [2.45, 2.75) is 39.7 Å². The summed E-state index contributed by atoms with van der Waals surface area (Å²) in [5, 5.41) is 3.21. The Morgan fingerprint density at radius 3 is 2.56 bits per heavy atom. The van der Waals surface area contributed by atoms with Crippen molar-refractivity contribution in [2.75, 3.05) is 33.3 Å². The lowest BCUT2D eigenvalue weighted by Gasteiger charge is -2.31. The molecule has 1 aromatic carbocycles. The first-order valence-electron chi connectivity index (χ1n) is 9.46. The van der Waals surface area contributed by atoms with Crippen molar-refractivity contribution in [2.24, 2.45) is 22.6 Å². The predicted molar refractivity (Wildman–Crippen MR) is 105 cm³/mol. The quantitative estimate of drug-likeness (QED) is 0.561. The van der Waals surface area contributed by atoms with Crippen LogP contribution < -0.4 is 15.8 Å². The minimum atomic E-state index is 0.598. The van der Waals surface area contributed by atoms with Gasteiger partial charge in [0.2, 0.25) is 0 Å². The number of hydrogen-bond donors (Lipinski definition) is 2. The Balaban J connectivity index is 1.66. The summed E-state index contributed by atoms with van der Waals surface area (Å²) in [4.78, 5) is 7.04. The highest BCUT2D eigenvalue weighted by atomic mass is 16.5. The fourth-order valence-electron chi connectivity index (χ4n) is 3.09. The molecule has 1 saturated heterocycles. The van der Waals surface area contributed by atoms with Crippen LogP contribution in [0, 0.1) is 11.8 Å². The fraction of sp³-hybridized carbons (Fsp3) is 0.650. The maximum absolute atomic E-state index is 5.95. The molecule has 0 unspecified atom stereocenters. The SMILES string of the molecule is COc1ccc(CN2CCC(CN=C(N)NCCC(C)C)CC2)cc1. The van der Waals surface area contributed by atoms with Crippen LogP contribution in [0.5, 0.6) is 5.75 Å². The van der Waals surface area contributed by atoms with E-state index in [9.17, 15) is 0 Å². The highest BCUT2D eigenvalue weighted by Gasteiger charge is 2.19. The molecule has 0 saturated carbocycles. The Hall–Kier alpha value is -1.75. The zero-order valence-electron chi connectivity index (χ0n) is 16.0. The molecule has 0 amide bonds. The number of piperidine rings is 1. The van der Waals surface area contributed by atoms with Crippen molar-refractivity contribution in [3.63, 3.8) is 0 Å². The molecule has 3 N–H and O–H groups in total. The smallest absolute Gasteiger partial charge is 0.188 e. The van der Waals surface area contributed by atoms with Crippen LogP contribution in [0.2, 0.25) is 0 Å². The number of likely N-dealkylation sites (tertiary alicyclic amines) is 1. The van der Waals surface area contributed by atoms with E-state index in [0.29, 0.717) is 17.8 Å². The van der Waals surface area contributed by atoms with Gasteiger partial charge in [-0.1, -0.05) is 26.0 Å². The zero-order chi connectivity index (χ0) is 18.1. The molecule has 140 valence electrons. The van der Waals surface area contributed by atoms with Gasteiger partial charge in [0.25, 0.3) is 0 Å². The van der Waals surface area contributed by atoms with Gasteiger partial charge in [0.1, 0.15) is 5.75 Å². The minimum absolute atomic E-state index is 0.598. The summed E-state index contributed by atoms with van der Waals surface area (Å²) < 4.78 is 5.21. The highest BCUT2D eigenvalue weighted by Crippen LogP contribution is 2.20. The second-order valence-corrected chi connectivity index (χ2v) is 7.40. The number of methoxy groups -OCH3 is 1. The highest BCUT2D eigenvalue weighted by molar-refractivity contribution is 5.77. The van der Waals surface area contributed by atoms with Crippen molar-refractivity contribution in [3.8, 4) is 5.75 Å². The van der Waals surface area contributed by atoms with Gasteiger partial charge in [-0.15, -0.1) is 0 Å². The van der Waals surface area contributed by atoms with E-state index in [-0.39, 0.29) is 0 Å². The number of ether oxygens (including phenoxy) is 1. The Bertz CT molecular complexity index is 519. The average molecular weight is 347 g/mol. The summed E-state index contributed by atoms with van der Waals surface area (Å²) >= 11 is 0. The van der Waals surface area contributed by atoms with Crippen LogP contribution >= 0.6 is 0 Å². The van der Waals surface area contributed by atoms with Crippen molar-refractivity contribution >= 4 is 5.96 Å². The van der Waals surface area contributed by atoms with Gasteiger partial charge in [0.05, 0.1) is 7.11 Å². The Morgan fingerprint density at radius 1 is 1.28 bits per heavy atom. The third-order valence-corrected chi connectivity index (χ3v) is 4.82. The van der Waals surface area contributed by atoms with Crippen molar-refractivity contribution in [3.05, 3.63) is 29.8 Å². The van der Waals surface area contributed by atoms with Crippen LogP contribution in [0.3, 0.4) is 0 Å². The van der Waals surface area contributed by atoms with E-state index in [1.165, 1.54) is 18.4 Å². The second-order valence-electron chi connectivity index (χ2n) is 7.40. The van der Waals surface area contributed by atoms with E-state index >= 15 is 0 Å². The first kappa shape index (κ1) is 19.6. The summed E-state index contributed by atoms with van der Waals surface area (Å²) in [5.74, 6) is 2.86. The molecule has 5 nitrogen and oxygen atoms in total. The molecule has 0 spiro atoms. The van der Waals surface area contributed by atoms with Crippen LogP contribution in [0.25, 0.3) is 0 Å². The van der Waals surface area contributed by atoms with Gasteiger partial charge in [-0.25, -0.2) is 0 Å². The molecule has 0 radical (unpaired) electrons. The zero-order valence-corrected chi connectivity index (χ0v) is 16.0. The van der Waals surface area contributed by atoms with Gasteiger partial charge in [-0.05, 0) is 61.9 Å². The van der Waals surface area contributed by atoms with E-state index < -0.39 is 0 Å². The monoisotopic (exact) mass is 346 g/mol. The normalized spacial score (nSPS) is 17.0. The summed E-state index contributed by atoms with van der Waals surface area (Å²) in [5.41, 5.74) is 7.29. The maximum Gasteiger partial charge on any atom is 0.188 e. The van der Waals surface area contributed by atoms with E-state index in [2.05, 4.69) is 41.2 Å². The lowest BCUT2D eigenvalue weighted by molar-refractivity contribution is 0.180. The summed E-state index contributed by atoms with van der Waals surface area (Å²) in [6.45, 7) is 9.46. The molecule has 1 aliphatic heterocycles. The molecular formula is C20H34N4O. The molecule has 0 aliphatic carbocycles. The van der Waals surface area contributed by atoms with Gasteiger partial charge in [0, 0.05) is 19.6 Å². The number of nitrogens with zero attached hydrogens (tertiary/aromatic N) is 2. The first-order valence-corrected chi connectivity index (χ1v) is 9.46. The number of nitrogens with two attached hydrogens (primary N) is 1. The van der Waals surface area contributed by atoms with Crippen LogP contribution in [-0.2, 0) is 6.54 Å². The Kier molecular flexibility index (Phi) is 8.06. The Morgan fingerprint density at radius 2 is 1.96 bits per heavy atom. The molecule has 25 heavy (non-hydrogen) atoms. The third kappa shape index (κ3) is 7.34. The van der Waals surface area contributed by atoms with Crippen LogP contribution in [0.15, 0.2) is 29.3 Å². The van der Waals surface area contributed by atoms with E-state index in [1.54, 1.807) is 7.11 Å². The number of aliphatic imine (C=N–C) groups is 1. The number of nitrogens with one attached hydrogen (secondary N) is 1. The maximum atomic E-state index is 5.95. The molecule has 1 aromatic rings. The van der Waals surface area contributed by atoms with Crippen LogP contribution in [0.1, 0.15) is 38.7 Å². The average Bonchev–Trinajstić information content (AvgIpc) is 2.61. The summed E-state index contributed by atoms with van der Waals surface area (Å²) in [6, 6.07) is 8.37. The van der Waals surface area contributed by atoms with Crippen molar-refractivity contribution in [1.29, 1.82) is 0 Å². The summed E-state index contributed by atoms with van der Waals surface area (Å²) in [6.07, 6.45) is 3.51. The molecule has 1 fully saturated rings. The summed E-state index contributed by atoms with van der Waals surface area (Å²) in [7, 11) is 1.70. The molecule has 0 atom stereocenters. The van der Waals surface area contributed by atoms with Crippen LogP contribution in [-0.4, -0.2) is 44.1 Å². The minimum Gasteiger partial charge on any atom is -0.497 e. The van der Waals surface area contributed by atoms with Crippen molar-refractivity contribution in [1.82, 2.24) is 10.2 Å². The number of guanidine groups is 1. The lowest BCUT2D eigenvalue weighted by atomic mass is 9.96. The molecule has 0 aromatic heterocycles. The number of hydrogen-bond acceptors (Lipinski definition) is 3. The lowest BCUT2D eigenvalue weighted by Crippen LogP contribution is -2.36. The molecule has 5 heteroatoms. The molecule has 0 bridgehead atoms. The third-order valence-electron chi connectivity index (χ3n) is 4.82. The number of benzene rings is 1. The molecular weight excluding hydrogens is 312 g/mol. The van der Waals surface area contributed by atoms with Gasteiger partial charge in [0.15, 0.2) is 5.96 Å². The number of rotatable bonds is 8. The van der Waals surface area contributed by atoms with Crippen molar-refractivity contribution < 1.29 is 4.74 Å². The van der Waals surface area contributed by atoms with Gasteiger partial charge < -0.3 is 15.8 Å². The van der Waals surface area contributed by atoms with Crippen LogP contribution in [0.4, 0.5) is 0 Å². The predicted octanol–water partition coefficient (Wildman–Crippen LogP) is 2.86. The molecule has 1 heterocycles. The second kappa shape index (κ2) is 10.3. The largest absolute Gasteiger partial charge is 0.497 e. The topological polar surface area (TPSA) is 62.9 Å². The molecule has 2 rings (SSSR count). The first-order chi connectivity index (χ1) is 12.1. The van der Waals surface area contributed by atoms with E-state index in [1.807, 2.05) is 12.1 Å². The molecule has 1 aliphatic rings. The van der Waals surface area contributed by atoms with Gasteiger partial charge in [-0.3, -0.25) is 9.89 Å². The van der Waals surface area contributed by atoms with E-state index in [4.69, 9.17) is 10.5 Å². The standard InChI is InChI=1S/C20H34N4O/c1-16(2)8-11-22-20(21)23-14-17-9-12-24(13-10-17)15-18-4-6-19(25-3)7-5-18/h4-7,16-17H,8-15H2,1-3H3,(H3,21,22,23). The van der Waals surface area contributed by atoms with Gasteiger partial charge >= 0.3 is 0 Å². The van der Waals surface area contributed by atoms with Gasteiger partial charge in [-0.2, -0.15) is 0 Å². The van der Waals surface area contributed by atoms with E-state index in [0.717, 1.165) is 44.9 Å². The Labute approximate surface area is 152 Å².